The number of amides is 1. The van der Waals surface area contributed by atoms with E-state index in [2.05, 4.69) is 10.3 Å². The van der Waals surface area contributed by atoms with Crippen LogP contribution in [0.15, 0.2) is 42.6 Å². The van der Waals surface area contributed by atoms with E-state index in [9.17, 15) is 9.59 Å². The molecule has 7 heteroatoms. The van der Waals surface area contributed by atoms with Crippen molar-refractivity contribution in [2.24, 2.45) is 5.92 Å². The van der Waals surface area contributed by atoms with Crippen LogP contribution >= 0.6 is 0 Å². The molecular weight excluding hydrogens is 444 g/mol. The summed E-state index contributed by atoms with van der Waals surface area (Å²) in [6, 6.07) is 10.7. The molecule has 1 unspecified atom stereocenters. The van der Waals surface area contributed by atoms with Crippen molar-refractivity contribution in [1.29, 1.82) is 0 Å². The Morgan fingerprint density at radius 2 is 1.83 bits per heavy atom. The Morgan fingerprint density at radius 1 is 1.11 bits per heavy atom. The molecule has 1 amide bonds. The molecule has 1 aromatic carbocycles. The van der Waals surface area contributed by atoms with Crippen LogP contribution in [-0.2, 0) is 19.7 Å². The third-order valence-corrected chi connectivity index (χ3v) is 7.39. The maximum Gasteiger partial charge on any atom is 0.337 e. The summed E-state index contributed by atoms with van der Waals surface area (Å²) >= 11 is 0. The smallest absolute Gasteiger partial charge is 0.337 e. The van der Waals surface area contributed by atoms with Crippen molar-refractivity contribution in [2.75, 3.05) is 26.9 Å². The number of ether oxygens (including phenoxy) is 3. The van der Waals surface area contributed by atoms with Crippen molar-refractivity contribution in [1.82, 2.24) is 10.3 Å². The van der Waals surface area contributed by atoms with Crippen LogP contribution in [0.4, 0.5) is 0 Å². The number of hydrogen-bond donors (Lipinski definition) is 1. The quantitative estimate of drug-likeness (QED) is 0.549. The minimum Gasteiger partial charge on any atom is -0.493 e. The van der Waals surface area contributed by atoms with Crippen LogP contribution in [0.5, 0.6) is 5.75 Å². The van der Waals surface area contributed by atoms with E-state index < -0.39 is 5.41 Å². The topological polar surface area (TPSA) is 86.8 Å². The van der Waals surface area contributed by atoms with Gasteiger partial charge in [-0.15, -0.1) is 0 Å². The van der Waals surface area contributed by atoms with E-state index in [0.717, 1.165) is 17.0 Å². The van der Waals surface area contributed by atoms with Gasteiger partial charge < -0.3 is 19.5 Å². The van der Waals surface area contributed by atoms with E-state index in [-0.39, 0.29) is 17.9 Å². The highest BCUT2D eigenvalue weighted by Crippen LogP contribution is 2.36. The molecule has 7 nitrogen and oxygen atoms in total. The second kappa shape index (κ2) is 11.7. The van der Waals surface area contributed by atoms with Gasteiger partial charge >= 0.3 is 5.97 Å². The number of pyridine rings is 1. The number of esters is 1. The zero-order valence-corrected chi connectivity index (χ0v) is 20.8. The summed E-state index contributed by atoms with van der Waals surface area (Å²) in [5.74, 6) is 0.922. The monoisotopic (exact) mass is 480 g/mol. The Morgan fingerprint density at radius 3 is 2.51 bits per heavy atom. The van der Waals surface area contributed by atoms with Crippen molar-refractivity contribution < 1.29 is 23.8 Å². The van der Waals surface area contributed by atoms with Crippen molar-refractivity contribution in [3.05, 3.63) is 59.4 Å². The number of carbonyl (C=O) groups excluding carboxylic acids is 2. The number of hydrogen-bond acceptors (Lipinski definition) is 6. The van der Waals surface area contributed by atoms with Crippen LogP contribution in [0.1, 0.15) is 79.5 Å². The fourth-order valence-electron chi connectivity index (χ4n) is 5.09. The van der Waals surface area contributed by atoms with Gasteiger partial charge in [-0.1, -0.05) is 31.4 Å². The molecule has 1 aliphatic heterocycles. The lowest BCUT2D eigenvalue weighted by Crippen LogP contribution is -2.49. The van der Waals surface area contributed by atoms with E-state index >= 15 is 0 Å². The van der Waals surface area contributed by atoms with Crippen LogP contribution in [0.3, 0.4) is 0 Å². The summed E-state index contributed by atoms with van der Waals surface area (Å²) in [5.41, 5.74) is 1.34. The Balaban J connectivity index is 1.48. The summed E-state index contributed by atoms with van der Waals surface area (Å²) in [6.07, 6.45) is 9.19. The molecule has 1 N–H and O–H groups in total. The lowest BCUT2D eigenvalue weighted by molar-refractivity contribution is -0.131. The molecule has 35 heavy (non-hydrogen) atoms. The van der Waals surface area contributed by atoms with Crippen LogP contribution in [0.2, 0.25) is 0 Å². The van der Waals surface area contributed by atoms with Gasteiger partial charge in [0.2, 0.25) is 5.91 Å². The first kappa shape index (κ1) is 25.2. The first-order chi connectivity index (χ1) is 17.0. The molecule has 1 saturated heterocycles. The number of nitrogens with one attached hydrogen (secondary N) is 1. The minimum atomic E-state index is -0.775. The summed E-state index contributed by atoms with van der Waals surface area (Å²) in [4.78, 5) is 30.1. The van der Waals surface area contributed by atoms with Crippen molar-refractivity contribution in [3.63, 3.8) is 0 Å². The highest BCUT2D eigenvalue weighted by atomic mass is 16.5. The number of rotatable bonds is 8. The van der Waals surface area contributed by atoms with Gasteiger partial charge in [0.15, 0.2) is 0 Å². The SMILES string of the molecule is COC(=O)c1ccc(C(C)NC(=O)C2(c3cc(OCC4CCCCC4)ccn3)CCOCC2)cc1. The predicted octanol–water partition coefficient (Wildman–Crippen LogP) is 4.75. The summed E-state index contributed by atoms with van der Waals surface area (Å²) in [6.45, 7) is 3.66. The highest BCUT2D eigenvalue weighted by molar-refractivity contribution is 5.89. The van der Waals surface area contributed by atoms with E-state index in [0.29, 0.717) is 44.1 Å². The predicted molar refractivity (Wildman–Crippen MR) is 132 cm³/mol. The average Bonchev–Trinajstić information content (AvgIpc) is 2.92. The van der Waals surface area contributed by atoms with Gasteiger partial charge in [-0.3, -0.25) is 9.78 Å². The lowest BCUT2D eigenvalue weighted by Gasteiger charge is -2.36. The van der Waals surface area contributed by atoms with Crippen LogP contribution in [-0.4, -0.2) is 43.8 Å². The fraction of sp³-hybridized carbons (Fsp3) is 0.536. The molecule has 1 saturated carbocycles. The molecule has 2 heterocycles. The Bertz CT molecular complexity index is 995. The maximum absolute atomic E-state index is 13.7. The molecule has 1 atom stereocenters. The molecule has 1 aliphatic carbocycles. The van der Waals surface area contributed by atoms with Gasteiger partial charge in [-0.2, -0.15) is 0 Å². The molecule has 188 valence electrons. The van der Waals surface area contributed by atoms with Crippen molar-refractivity contribution in [2.45, 2.75) is 63.3 Å². The standard InChI is InChI=1S/C28H36N2O5/c1-20(22-8-10-23(11-9-22)26(31)33-2)30-27(32)28(13-16-34-17-14-28)25-18-24(12-15-29-25)35-19-21-6-4-3-5-7-21/h8-12,15,18,20-21H,3-7,13-14,16-17,19H2,1-2H3,(H,30,32). The third kappa shape index (κ3) is 6.01. The van der Waals surface area contributed by atoms with Gasteiger partial charge in [0.1, 0.15) is 5.75 Å². The molecule has 2 aromatic rings. The average molecular weight is 481 g/mol. The van der Waals surface area contributed by atoms with E-state index in [4.69, 9.17) is 14.2 Å². The zero-order valence-electron chi connectivity index (χ0n) is 20.8. The molecule has 0 bridgehead atoms. The van der Waals surface area contributed by atoms with Crippen molar-refractivity contribution in [3.8, 4) is 5.75 Å². The summed E-state index contributed by atoms with van der Waals surface area (Å²) < 4.78 is 16.5. The first-order valence-electron chi connectivity index (χ1n) is 12.7. The van der Waals surface area contributed by atoms with Gasteiger partial charge in [-0.05, 0) is 62.3 Å². The highest BCUT2D eigenvalue weighted by Gasteiger charge is 2.43. The van der Waals surface area contributed by atoms with Crippen molar-refractivity contribution >= 4 is 11.9 Å². The zero-order chi connectivity index (χ0) is 24.7. The normalized spacial score (nSPS) is 18.9. The number of carbonyl (C=O) groups is 2. The molecule has 2 fully saturated rings. The Labute approximate surface area is 207 Å². The molecule has 1 aromatic heterocycles. The molecule has 0 radical (unpaired) electrons. The second-order valence-corrected chi connectivity index (χ2v) is 9.70. The van der Waals surface area contributed by atoms with Crippen LogP contribution in [0, 0.1) is 5.92 Å². The fourth-order valence-corrected chi connectivity index (χ4v) is 5.09. The van der Waals surface area contributed by atoms with Gasteiger partial charge in [0, 0.05) is 25.5 Å². The molecular formula is C28H36N2O5. The number of benzene rings is 1. The minimum absolute atomic E-state index is 0.0673. The number of aromatic nitrogens is 1. The molecule has 4 rings (SSSR count). The van der Waals surface area contributed by atoms with E-state index in [1.54, 1.807) is 18.3 Å². The number of nitrogens with zero attached hydrogens (tertiary/aromatic N) is 1. The Hall–Kier alpha value is -2.93. The molecule has 2 aliphatic rings. The summed E-state index contributed by atoms with van der Waals surface area (Å²) in [5, 5.41) is 3.18. The maximum atomic E-state index is 13.7. The molecule has 0 spiro atoms. The van der Waals surface area contributed by atoms with E-state index in [1.165, 1.54) is 39.2 Å². The second-order valence-electron chi connectivity index (χ2n) is 9.70. The number of methoxy groups -OCH3 is 1. The summed E-state index contributed by atoms with van der Waals surface area (Å²) in [7, 11) is 1.36. The largest absolute Gasteiger partial charge is 0.493 e. The third-order valence-electron chi connectivity index (χ3n) is 7.39. The first-order valence-corrected chi connectivity index (χ1v) is 12.7. The van der Waals surface area contributed by atoms with Crippen LogP contribution in [0.25, 0.3) is 0 Å². The van der Waals surface area contributed by atoms with E-state index in [1.807, 2.05) is 31.2 Å². The lowest BCUT2D eigenvalue weighted by atomic mass is 9.75. The van der Waals surface area contributed by atoms with Gasteiger partial charge in [0.05, 0.1) is 36.4 Å². The van der Waals surface area contributed by atoms with Gasteiger partial charge in [-0.25, -0.2) is 4.79 Å². The van der Waals surface area contributed by atoms with Crippen LogP contribution < -0.4 is 10.1 Å². The Kier molecular flexibility index (Phi) is 8.39. The van der Waals surface area contributed by atoms with Gasteiger partial charge in [0.25, 0.3) is 0 Å².